The van der Waals surface area contributed by atoms with Crippen molar-refractivity contribution in [3.05, 3.63) is 35.8 Å². The van der Waals surface area contributed by atoms with Gasteiger partial charge in [0.1, 0.15) is 17.3 Å². The lowest BCUT2D eigenvalue weighted by atomic mass is 10.3. The lowest BCUT2D eigenvalue weighted by Crippen LogP contribution is -2.11. The van der Waals surface area contributed by atoms with Gasteiger partial charge in [-0.2, -0.15) is 10.2 Å². The molecular weight excluding hydrogens is 387 g/mol. The summed E-state index contributed by atoms with van der Waals surface area (Å²) in [4.78, 5) is 8.88. The highest BCUT2D eigenvalue weighted by Gasteiger charge is 2.15. The van der Waals surface area contributed by atoms with Crippen LogP contribution in [0.3, 0.4) is 0 Å². The van der Waals surface area contributed by atoms with Crippen molar-refractivity contribution in [1.29, 1.82) is 0 Å². The predicted molar refractivity (Wildman–Crippen MR) is 108 cm³/mol. The van der Waals surface area contributed by atoms with Gasteiger partial charge in [0, 0.05) is 38.6 Å². The fraction of sp³-hybridized carbons (Fsp3) is 0.529. The van der Waals surface area contributed by atoms with Gasteiger partial charge in [-0.25, -0.2) is 9.97 Å². The number of fused-ring (bicyclic) bond motifs is 1. The Morgan fingerprint density at radius 1 is 1.15 bits per heavy atom. The molecule has 1 aliphatic rings. The molecule has 8 nitrogen and oxygen atoms in total. The smallest absolute Gasteiger partial charge is 0.160 e. The Bertz CT molecular complexity index is 843. The monoisotopic (exact) mass is 412 g/mol. The average Bonchev–Trinajstić information content (AvgIpc) is 3.24. The molecule has 0 saturated carbocycles. The van der Waals surface area contributed by atoms with E-state index in [4.69, 9.17) is 5.10 Å². The Morgan fingerprint density at radius 2 is 2.00 bits per heavy atom. The minimum Gasteiger partial charge on any atom is -0.330 e. The molecule has 3 aromatic rings. The molecule has 27 heavy (non-hydrogen) atoms. The Labute approximate surface area is 171 Å². The van der Waals surface area contributed by atoms with Crippen LogP contribution in [-0.4, -0.2) is 40.6 Å². The number of hydrogen-bond donors (Lipinski definition) is 1. The first-order chi connectivity index (χ1) is 12.2. The summed E-state index contributed by atoms with van der Waals surface area (Å²) in [5, 5.41) is 12.6. The zero-order chi connectivity index (χ0) is 17.2. The van der Waals surface area contributed by atoms with Crippen LogP contribution in [0, 0.1) is 13.8 Å². The Morgan fingerprint density at radius 3 is 2.78 bits per heavy atom. The van der Waals surface area contributed by atoms with Crippen molar-refractivity contribution >= 4 is 24.8 Å². The maximum atomic E-state index is 4.76. The lowest BCUT2D eigenvalue weighted by Gasteiger charge is -2.07. The largest absolute Gasteiger partial charge is 0.330 e. The fourth-order valence-electron chi connectivity index (χ4n) is 3.36. The normalized spacial score (nSPS) is 13.4. The van der Waals surface area contributed by atoms with Gasteiger partial charge in [0.15, 0.2) is 5.82 Å². The van der Waals surface area contributed by atoms with E-state index in [0.717, 1.165) is 68.7 Å². The summed E-state index contributed by atoms with van der Waals surface area (Å²) in [6.45, 7) is 8.55. The van der Waals surface area contributed by atoms with Crippen molar-refractivity contribution in [3.8, 4) is 11.5 Å². The maximum Gasteiger partial charge on any atom is 0.160 e. The number of aryl methyl sites for hydroxylation is 5. The Kier molecular flexibility index (Phi) is 7.41. The molecule has 0 aliphatic carbocycles. The third-order valence-electron chi connectivity index (χ3n) is 4.57. The van der Waals surface area contributed by atoms with Crippen LogP contribution in [0.2, 0.25) is 0 Å². The first kappa shape index (κ1) is 21.4. The van der Waals surface area contributed by atoms with Crippen molar-refractivity contribution in [2.75, 3.05) is 6.54 Å². The Balaban J connectivity index is 0.00000131. The van der Waals surface area contributed by atoms with Crippen LogP contribution in [0.25, 0.3) is 11.5 Å². The van der Waals surface area contributed by atoms with Crippen molar-refractivity contribution in [1.82, 2.24) is 39.4 Å². The van der Waals surface area contributed by atoms with E-state index in [2.05, 4.69) is 35.7 Å². The van der Waals surface area contributed by atoms with Gasteiger partial charge >= 0.3 is 0 Å². The molecule has 0 amide bonds. The van der Waals surface area contributed by atoms with Gasteiger partial charge in [0.25, 0.3) is 0 Å². The number of nitrogens with one attached hydrogen (secondary N) is 1. The number of imidazole rings is 1. The maximum absolute atomic E-state index is 4.76. The number of hydrogen-bond acceptors (Lipinski definition) is 5. The van der Waals surface area contributed by atoms with E-state index in [-0.39, 0.29) is 24.8 Å². The first-order valence-corrected chi connectivity index (χ1v) is 8.88. The minimum absolute atomic E-state index is 0. The molecular formula is C17H26Cl2N8. The molecule has 4 rings (SSSR count). The predicted octanol–water partition coefficient (Wildman–Crippen LogP) is 2.38. The molecule has 1 N–H and O–H groups in total. The van der Waals surface area contributed by atoms with E-state index in [1.807, 2.05) is 30.9 Å². The quantitative estimate of drug-likeness (QED) is 0.695. The highest BCUT2D eigenvalue weighted by atomic mass is 35.5. The van der Waals surface area contributed by atoms with Gasteiger partial charge in [0.2, 0.25) is 0 Å². The van der Waals surface area contributed by atoms with Crippen LogP contribution in [0.4, 0.5) is 0 Å². The lowest BCUT2D eigenvalue weighted by molar-refractivity contribution is 0.516. The van der Waals surface area contributed by atoms with Crippen LogP contribution in [0.15, 0.2) is 18.5 Å². The van der Waals surface area contributed by atoms with Gasteiger partial charge in [0.05, 0.1) is 5.69 Å². The van der Waals surface area contributed by atoms with Gasteiger partial charge in [-0.15, -0.1) is 24.8 Å². The summed E-state index contributed by atoms with van der Waals surface area (Å²) >= 11 is 0. The molecule has 0 saturated heterocycles. The molecule has 3 aromatic heterocycles. The molecule has 0 unspecified atom stereocenters. The van der Waals surface area contributed by atoms with Gasteiger partial charge in [-0.3, -0.25) is 9.36 Å². The van der Waals surface area contributed by atoms with Crippen molar-refractivity contribution in [2.24, 2.45) is 0 Å². The second kappa shape index (κ2) is 9.34. The summed E-state index contributed by atoms with van der Waals surface area (Å²) in [7, 11) is 0. The zero-order valence-corrected chi connectivity index (χ0v) is 17.3. The zero-order valence-electron chi connectivity index (χ0n) is 15.6. The van der Waals surface area contributed by atoms with Crippen molar-refractivity contribution in [3.63, 3.8) is 0 Å². The summed E-state index contributed by atoms with van der Waals surface area (Å²) in [6.07, 6.45) is 5.96. The van der Waals surface area contributed by atoms with E-state index >= 15 is 0 Å². The van der Waals surface area contributed by atoms with Crippen molar-refractivity contribution in [2.45, 2.75) is 52.9 Å². The molecule has 4 heterocycles. The summed E-state index contributed by atoms with van der Waals surface area (Å²) in [5.41, 5.74) is 2.19. The summed E-state index contributed by atoms with van der Waals surface area (Å²) < 4.78 is 6.25. The second-order valence-corrected chi connectivity index (χ2v) is 6.50. The highest BCUT2D eigenvalue weighted by Crippen LogP contribution is 2.19. The number of nitrogens with zero attached hydrogens (tertiary/aromatic N) is 7. The molecule has 0 bridgehead atoms. The van der Waals surface area contributed by atoms with E-state index in [0.29, 0.717) is 0 Å². The molecule has 0 aromatic carbocycles. The van der Waals surface area contributed by atoms with Crippen LogP contribution in [0.1, 0.15) is 30.2 Å². The number of halogens is 2. The summed E-state index contributed by atoms with van der Waals surface area (Å²) in [5.74, 6) is 2.73. The van der Waals surface area contributed by atoms with E-state index in [1.165, 1.54) is 5.69 Å². The minimum atomic E-state index is 0. The van der Waals surface area contributed by atoms with Crippen LogP contribution in [0.5, 0.6) is 0 Å². The summed E-state index contributed by atoms with van der Waals surface area (Å²) in [6, 6.07) is 2.15. The molecule has 0 radical (unpaired) electrons. The SMILES string of the molecule is Cc1nc(C)n(CCCn2ccnc2-c2cc3n(n2)CCCNC3)n1.Cl.Cl. The Hall–Kier alpha value is -1.90. The standard InChI is InChI=1S/C17H24N8.2ClH/c1-13-20-14(2)24(21-13)9-4-7-23-10-6-19-17(23)16-11-15-12-18-5-3-8-25(15)22-16;;/h6,10-11,18H,3-5,7-9,12H2,1-2H3;2*1H. The average molecular weight is 413 g/mol. The van der Waals surface area contributed by atoms with E-state index in [9.17, 15) is 0 Å². The number of rotatable bonds is 5. The second-order valence-electron chi connectivity index (χ2n) is 6.50. The number of aromatic nitrogens is 7. The van der Waals surface area contributed by atoms with E-state index < -0.39 is 0 Å². The van der Waals surface area contributed by atoms with Crippen LogP contribution < -0.4 is 5.32 Å². The van der Waals surface area contributed by atoms with Gasteiger partial charge in [-0.05, 0) is 39.3 Å². The van der Waals surface area contributed by atoms with Crippen LogP contribution in [-0.2, 0) is 26.2 Å². The fourth-order valence-corrected chi connectivity index (χ4v) is 3.36. The molecule has 148 valence electrons. The molecule has 10 heteroatoms. The first-order valence-electron chi connectivity index (χ1n) is 8.88. The van der Waals surface area contributed by atoms with Gasteiger partial charge < -0.3 is 9.88 Å². The molecule has 0 fully saturated rings. The van der Waals surface area contributed by atoms with E-state index in [1.54, 1.807) is 0 Å². The third kappa shape index (κ3) is 4.69. The topological polar surface area (TPSA) is 78.4 Å². The molecule has 0 spiro atoms. The van der Waals surface area contributed by atoms with Crippen LogP contribution >= 0.6 is 24.8 Å². The molecule has 1 aliphatic heterocycles. The molecule has 0 atom stereocenters. The highest BCUT2D eigenvalue weighted by molar-refractivity contribution is 5.85. The van der Waals surface area contributed by atoms with Gasteiger partial charge in [-0.1, -0.05) is 0 Å². The third-order valence-corrected chi connectivity index (χ3v) is 4.57. The van der Waals surface area contributed by atoms with Crippen molar-refractivity contribution < 1.29 is 0 Å².